The van der Waals surface area contributed by atoms with Gasteiger partial charge in [0.1, 0.15) is 36.8 Å². The standard InChI is InChI=1S/C42H44N4O10S.C39H40N4O10S/c1-7-10-45-25-12-23-11-19(2)36(52-6)35(49)30(23)33(45)34-40-32-31(39-38(54-18-55-39)20(3)37(32)56-21(4)47)27(46(34)26(25)15-43)16-53-41(50)42(17-57-40)24-14-29(51-5)28(48)13-22(24)8-9-44-42;1-16-8-20-9-22-23(12-40)43-24-13-50-38(47)39(21-11-26(48-4)25(45)10-19(21)6-7-41-39)14-54-37(31(43)30(42-22)27(20)32(46)33(16)49-5)29-28(24)36-35(51-15-52-36)17(2)34(29)53-18(3)44/h7,11,13-14,25-27,33-34,40,44,48-49H,1,8-10,12,16-18H2,2-6H3;8,10-11,22-24,30-31,37,41-42,45-46H,6-7,9,13-15H2,1-5H3/t25-,26-,27-,33+,34?,40+,42+;22-,23-,24-,30+,31?,37+,39+/m00/s1. The van der Waals surface area contributed by atoms with E-state index in [4.69, 9.17) is 56.8 Å². The van der Waals surface area contributed by atoms with Crippen LogP contribution in [0.15, 0.2) is 49.1 Å². The molecule has 14 atom stereocenters. The summed E-state index contributed by atoms with van der Waals surface area (Å²) in [6.45, 7) is 15.0. The van der Waals surface area contributed by atoms with Gasteiger partial charge in [0.2, 0.25) is 13.6 Å². The fourth-order valence-electron chi connectivity index (χ4n) is 20.2. The van der Waals surface area contributed by atoms with E-state index in [0.29, 0.717) is 147 Å². The lowest BCUT2D eigenvalue weighted by atomic mass is 9.71. The van der Waals surface area contributed by atoms with Crippen LogP contribution in [-0.4, -0.2) is 182 Å². The van der Waals surface area contributed by atoms with Gasteiger partial charge in [-0.2, -0.15) is 10.5 Å². The summed E-state index contributed by atoms with van der Waals surface area (Å²) < 4.78 is 72.1. The van der Waals surface area contributed by atoms with Crippen molar-refractivity contribution in [3.05, 3.63) is 138 Å². The van der Waals surface area contributed by atoms with Gasteiger partial charge in [0.25, 0.3) is 0 Å². The summed E-state index contributed by atoms with van der Waals surface area (Å²) in [5.41, 5.74) is 8.62. The first-order chi connectivity index (χ1) is 53.5. The molecule has 6 aromatic carbocycles. The molecule has 0 aliphatic carbocycles. The first-order valence-electron chi connectivity index (χ1n) is 36.9. The fraction of sp³-hybridized carbons (Fsp3) is 0.457. The van der Waals surface area contributed by atoms with Gasteiger partial charge in [0.15, 0.2) is 80.1 Å². The van der Waals surface area contributed by atoms with Crippen LogP contribution in [0.2, 0.25) is 0 Å². The van der Waals surface area contributed by atoms with Crippen LogP contribution in [0.25, 0.3) is 0 Å². The number of rotatable bonds is 8. The number of phenolic OH excluding ortho intramolecular Hbond substituents is 4. The van der Waals surface area contributed by atoms with Crippen molar-refractivity contribution < 1.29 is 96.4 Å². The Morgan fingerprint density at radius 1 is 0.595 bits per heavy atom. The second-order valence-corrected chi connectivity index (χ2v) is 32.3. The molecule has 28 nitrogen and oxygen atoms in total. The maximum atomic E-state index is 14.8. The number of aromatic hydroxyl groups is 4. The number of ether oxygens (including phenoxy) is 12. The van der Waals surface area contributed by atoms with Gasteiger partial charge in [-0.05, 0) is 122 Å². The lowest BCUT2D eigenvalue weighted by molar-refractivity contribution is -0.157. The molecule has 0 saturated carbocycles. The zero-order valence-corrected chi connectivity index (χ0v) is 64.4. The van der Waals surface area contributed by atoms with Crippen molar-refractivity contribution in [2.45, 2.75) is 149 Å². The summed E-state index contributed by atoms with van der Waals surface area (Å²) in [5.74, 6) is 1.78. The first-order valence-corrected chi connectivity index (χ1v) is 39.0. The maximum absolute atomic E-state index is 14.8. The normalized spacial score (nSPS) is 28.5. The number of hydrogen-bond donors (Lipinski definition) is 7. The molecule has 580 valence electrons. The largest absolute Gasteiger partial charge is 0.504 e. The highest BCUT2D eigenvalue weighted by Gasteiger charge is 2.65. The van der Waals surface area contributed by atoms with Gasteiger partial charge in [0, 0.05) is 114 Å². The molecule has 2 spiro atoms. The van der Waals surface area contributed by atoms with Crippen molar-refractivity contribution in [1.29, 1.82) is 10.5 Å². The van der Waals surface area contributed by atoms with E-state index in [-0.39, 0.29) is 84.9 Å². The van der Waals surface area contributed by atoms with E-state index in [1.54, 1.807) is 24.3 Å². The summed E-state index contributed by atoms with van der Waals surface area (Å²) >= 11 is 2.94. The van der Waals surface area contributed by atoms with Gasteiger partial charge in [-0.25, -0.2) is 9.59 Å². The second kappa shape index (κ2) is 27.7. The molecule has 7 N–H and O–H groups in total. The van der Waals surface area contributed by atoms with Crippen LogP contribution in [0.4, 0.5) is 0 Å². The molecule has 8 bridgehead atoms. The van der Waals surface area contributed by atoms with E-state index in [1.165, 1.54) is 65.8 Å². The van der Waals surface area contributed by atoms with Crippen LogP contribution < -0.4 is 63.3 Å². The van der Waals surface area contributed by atoms with Crippen LogP contribution in [0.1, 0.15) is 138 Å². The fourth-order valence-corrected chi connectivity index (χ4v) is 23.6. The predicted molar refractivity (Wildman–Crippen MR) is 400 cm³/mol. The SMILES string of the molecule is C=CCN1[C@@H]2c3c(cc(C)c(OC)c3O)C[C@H]1[C@H](C#N)N1C2[C@@H]2SC[C@]3(NCCc4cc(O)c(OC)cc43)C(=O)OC[C@H]1c1c3c(c(C)c(OC(C)=O)c12)OCO3.COc1cc2c(cc1O)CCN[C@]21CS[C@@H]2c3c(OC(C)=O)c(C)c4c(c3[C@H](COC1=O)N1C2[C@@H]2N[C@@H](Cc3cc(C)c(OC)c(O)c32)[C@@H]1C#N)OCO4. The van der Waals surface area contributed by atoms with E-state index < -0.39 is 93.8 Å². The minimum atomic E-state index is -1.38. The van der Waals surface area contributed by atoms with Crippen molar-refractivity contribution in [2.24, 2.45) is 0 Å². The minimum absolute atomic E-state index is 0.0248. The first kappa shape index (κ1) is 73.8. The number of hydrogen-bond acceptors (Lipinski definition) is 30. The Balaban J connectivity index is 0.000000162. The lowest BCUT2D eigenvalue weighted by Gasteiger charge is -2.62. The Bertz CT molecular complexity index is 5100. The second-order valence-electron chi connectivity index (χ2n) is 30.1. The highest BCUT2D eigenvalue weighted by Crippen LogP contribution is 2.67. The number of thioether (sulfide) groups is 2. The molecule has 4 saturated heterocycles. The summed E-state index contributed by atoms with van der Waals surface area (Å²) in [6.07, 6.45) is 3.85. The molecule has 14 heterocycles. The number of carbonyl (C=O) groups excluding carboxylic acids is 4. The van der Waals surface area contributed by atoms with Crippen molar-refractivity contribution in [1.82, 2.24) is 30.7 Å². The van der Waals surface area contributed by atoms with Gasteiger partial charge >= 0.3 is 23.9 Å². The third-order valence-electron chi connectivity index (χ3n) is 24.5. The molecule has 20 rings (SSSR count). The number of nitrogens with zero attached hydrogens (tertiary/aromatic N) is 5. The van der Waals surface area contributed by atoms with E-state index in [2.05, 4.69) is 49.4 Å². The highest BCUT2D eigenvalue weighted by atomic mass is 32.2. The third-order valence-corrected chi connectivity index (χ3v) is 27.5. The van der Waals surface area contributed by atoms with Gasteiger partial charge in [-0.1, -0.05) is 18.2 Å². The number of nitrogens with one attached hydrogen (secondary N) is 3. The van der Waals surface area contributed by atoms with E-state index in [9.17, 15) is 50.1 Å². The summed E-state index contributed by atoms with van der Waals surface area (Å²) in [4.78, 5) is 61.9. The number of fused-ring (bicyclic) bond motifs is 18. The molecule has 6 aromatic rings. The molecule has 0 amide bonds. The molecule has 30 heteroatoms. The number of nitriles is 2. The monoisotopic (exact) mass is 1550 g/mol. The van der Waals surface area contributed by atoms with E-state index >= 15 is 0 Å². The molecule has 111 heavy (non-hydrogen) atoms. The van der Waals surface area contributed by atoms with Gasteiger partial charge < -0.3 is 82.6 Å². The van der Waals surface area contributed by atoms with Crippen molar-refractivity contribution in [3.63, 3.8) is 0 Å². The van der Waals surface area contributed by atoms with E-state index in [1.807, 2.05) is 45.9 Å². The molecule has 14 aliphatic heterocycles. The zero-order chi connectivity index (χ0) is 77.9. The number of methoxy groups -OCH3 is 4. The Labute approximate surface area is 648 Å². The summed E-state index contributed by atoms with van der Waals surface area (Å²) in [6, 6.07) is 10.1. The number of esters is 4. The average Bonchev–Trinajstić information content (AvgIpc) is 1.43. The number of carbonyl (C=O) groups is 4. The van der Waals surface area contributed by atoms with Crippen LogP contribution in [0.3, 0.4) is 0 Å². The van der Waals surface area contributed by atoms with Gasteiger partial charge in [-0.15, -0.1) is 30.1 Å². The molecular weight excluding hydrogens is 1470 g/mol. The highest BCUT2D eigenvalue weighted by molar-refractivity contribution is 7.99. The molecule has 0 aromatic heterocycles. The maximum Gasteiger partial charge on any atom is 0.331 e. The third kappa shape index (κ3) is 10.9. The van der Waals surface area contributed by atoms with E-state index in [0.717, 1.165) is 33.4 Å². The average molecular weight is 1550 g/mol. The van der Waals surface area contributed by atoms with Gasteiger partial charge in [0.05, 0.1) is 75.2 Å². The van der Waals surface area contributed by atoms with Crippen LogP contribution in [0.5, 0.6) is 80.5 Å². The Morgan fingerprint density at radius 2 is 1.06 bits per heavy atom. The van der Waals surface area contributed by atoms with Crippen LogP contribution in [-0.2, 0) is 65.4 Å². The number of piperazine rings is 2. The Kier molecular flexibility index (Phi) is 18.4. The van der Waals surface area contributed by atoms with Gasteiger partial charge in [-0.3, -0.25) is 34.9 Å². The number of aryl methyl sites for hydroxylation is 2. The quantitative estimate of drug-likeness (QED) is 0.0429. The minimum Gasteiger partial charge on any atom is -0.504 e. The molecule has 0 radical (unpaired) electrons. The number of phenols is 4. The smallest absolute Gasteiger partial charge is 0.331 e. The van der Waals surface area contributed by atoms with Crippen LogP contribution >= 0.6 is 23.5 Å². The lowest BCUT2D eigenvalue weighted by Crippen LogP contribution is -2.70. The topological polar surface area (TPSA) is 353 Å². The van der Waals surface area contributed by atoms with Crippen LogP contribution in [0, 0.1) is 50.4 Å². The predicted octanol–water partition coefficient (Wildman–Crippen LogP) is 8.19. The Morgan fingerprint density at radius 3 is 1.53 bits per heavy atom. The van der Waals surface area contributed by atoms with Crippen molar-refractivity contribution in [2.75, 3.05) is 86.4 Å². The number of benzene rings is 6. The molecule has 2 unspecified atom stereocenters. The Hall–Kier alpha value is -10.0. The molecular formula is C81H84N8O20S2. The zero-order valence-electron chi connectivity index (χ0n) is 62.7. The molecule has 4 fully saturated rings. The van der Waals surface area contributed by atoms with Crippen molar-refractivity contribution >= 4 is 47.4 Å². The summed E-state index contributed by atoms with van der Waals surface area (Å²) in [7, 11) is 5.98. The summed E-state index contributed by atoms with van der Waals surface area (Å²) in [5, 5.41) is 77.5. The van der Waals surface area contributed by atoms with Crippen molar-refractivity contribution in [3.8, 4) is 92.6 Å². The molecule has 14 aliphatic rings.